The topological polar surface area (TPSA) is 62.2 Å². The first kappa shape index (κ1) is 13.8. The number of anilines is 1. The number of aryl methyl sites for hydroxylation is 1. The predicted octanol–water partition coefficient (Wildman–Crippen LogP) is 3.47. The zero-order valence-electron chi connectivity index (χ0n) is 11.6. The summed E-state index contributed by atoms with van der Waals surface area (Å²) < 4.78 is 0. The van der Waals surface area contributed by atoms with E-state index in [1.54, 1.807) is 0 Å². The second kappa shape index (κ2) is 6.04. The van der Waals surface area contributed by atoms with E-state index in [9.17, 15) is 9.90 Å². The van der Waals surface area contributed by atoms with E-state index >= 15 is 0 Å². The molecule has 1 aromatic heterocycles. The van der Waals surface area contributed by atoms with E-state index in [-0.39, 0.29) is 5.56 Å². The average Bonchev–Trinajstić information content (AvgIpc) is 2.39. The Labute approximate surface area is 114 Å². The van der Waals surface area contributed by atoms with Crippen LogP contribution in [-0.2, 0) is 0 Å². The smallest absolute Gasteiger partial charge is 0.339 e. The molecule has 0 bridgehead atoms. The van der Waals surface area contributed by atoms with Crippen molar-refractivity contribution in [2.24, 2.45) is 5.92 Å². The fourth-order valence-corrected chi connectivity index (χ4v) is 2.85. The van der Waals surface area contributed by atoms with Crippen LogP contribution < -0.4 is 5.32 Å². The maximum atomic E-state index is 11.2. The van der Waals surface area contributed by atoms with E-state index in [1.807, 2.05) is 13.0 Å². The lowest BCUT2D eigenvalue weighted by atomic mass is 9.84. The quantitative estimate of drug-likeness (QED) is 0.872. The molecule has 0 aromatic carbocycles. The monoisotopic (exact) mass is 262 g/mol. The molecule has 4 heteroatoms. The molecule has 1 aliphatic rings. The summed E-state index contributed by atoms with van der Waals surface area (Å²) in [6, 6.07) is 2.13. The Balaban J connectivity index is 2.12. The van der Waals surface area contributed by atoms with Crippen molar-refractivity contribution in [3.05, 3.63) is 23.5 Å². The summed E-state index contributed by atoms with van der Waals surface area (Å²) >= 11 is 0. The Morgan fingerprint density at radius 3 is 2.74 bits per heavy atom. The van der Waals surface area contributed by atoms with Gasteiger partial charge in [0, 0.05) is 17.9 Å². The lowest BCUT2D eigenvalue weighted by Gasteiger charge is -2.29. The summed E-state index contributed by atoms with van der Waals surface area (Å²) in [4.78, 5) is 15.3. The van der Waals surface area contributed by atoms with Crippen molar-refractivity contribution in [1.82, 2.24) is 4.98 Å². The SMILES string of the molecule is Cc1cc(NC(C)C2CCCCC2)c(C(=O)O)cn1. The summed E-state index contributed by atoms with van der Waals surface area (Å²) in [6.45, 7) is 4.03. The highest BCUT2D eigenvalue weighted by Crippen LogP contribution is 2.28. The molecule has 2 rings (SSSR count). The van der Waals surface area contributed by atoms with Crippen LogP contribution >= 0.6 is 0 Å². The highest BCUT2D eigenvalue weighted by molar-refractivity contribution is 5.93. The molecular formula is C15H22N2O2. The molecule has 1 saturated carbocycles. The van der Waals surface area contributed by atoms with Crippen LogP contribution in [0.1, 0.15) is 55.1 Å². The predicted molar refractivity (Wildman–Crippen MR) is 75.6 cm³/mol. The van der Waals surface area contributed by atoms with Crippen molar-refractivity contribution < 1.29 is 9.90 Å². The summed E-state index contributed by atoms with van der Waals surface area (Å²) in [6.07, 6.45) is 7.82. The van der Waals surface area contributed by atoms with Gasteiger partial charge in [-0.3, -0.25) is 4.98 Å². The van der Waals surface area contributed by atoms with E-state index in [1.165, 1.54) is 38.3 Å². The van der Waals surface area contributed by atoms with Crippen LogP contribution in [0.15, 0.2) is 12.3 Å². The first-order valence-electron chi connectivity index (χ1n) is 7.04. The molecule has 1 heterocycles. The van der Waals surface area contributed by atoms with Gasteiger partial charge in [0.2, 0.25) is 0 Å². The third kappa shape index (κ3) is 3.46. The number of hydrogen-bond donors (Lipinski definition) is 2. The molecule has 1 aliphatic carbocycles. The molecule has 104 valence electrons. The van der Waals surface area contributed by atoms with Crippen LogP contribution in [0.4, 0.5) is 5.69 Å². The third-order valence-corrected chi connectivity index (χ3v) is 4.01. The van der Waals surface area contributed by atoms with Crippen LogP contribution in [0, 0.1) is 12.8 Å². The molecular weight excluding hydrogens is 240 g/mol. The highest BCUT2D eigenvalue weighted by Gasteiger charge is 2.21. The molecule has 0 amide bonds. The number of rotatable bonds is 4. The molecule has 19 heavy (non-hydrogen) atoms. The first-order chi connectivity index (χ1) is 9.08. The molecule has 4 nitrogen and oxygen atoms in total. The molecule has 1 aromatic rings. The second-order valence-corrected chi connectivity index (χ2v) is 5.51. The van der Waals surface area contributed by atoms with E-state index < -0.39 is 5.97 Å². The normalized spacial score (nSPS) is 18.0. The number of aromatic carboxylic acids is 1. The summed E-state index contributed by atoms with van der Waals surface area (Å²) in [5, 5.41) is 12.6. The molecule has 1 unspecified atom stereocenters. The van der Waals surface area contributed by atoms with E-state index in [2.05, 4.69) is 17.2 Å². The Hall–Kier alpha value is -1.58. The van der Waals surface area contributed by atoms with Crippen molar-refractivity contribution in [3.8, 4) is 0 Å². The van der Waals surface area contributed by atoms with Crippen LogP contribution in [0.25, 0.3) is 0 Å². The van der Waals surface area contributed by atoms with Crippen molar-refractivity contribution in [3.63, 3.8) is 0 Å². The molecule has 1 fully saturated rings. The van der Waals surface area contributed by atoms with Gasteiger partial charge in [0.25, 0.3) is 0 Å². The van der Waals surface area contributed by atoms with Gasteiger partial charge in [-0.2, -0.15) is 0 Å². The van der Waals surface area contributed by atoms with Gasteiger partial charge in [0.05, 0.1) is 5.69 Å². The van der Waals surface area contributed by atoms with Crippen LogP contribution in [0.3, 0.4) is 0 Å². The average molecular weight is 262 g/mol. The highest BCUT2D eigenvalue weighted by atomic mass is 16.4. The minimum atomic E-state index is -0.925. The van der Waals surface area contributed by atoms with Gasteiger partial charge in [0.1, 0.15) is 5.56 Å². The zero-order chi connectivity index (χ0) is 13.8. The minimum Gasteiger partial charge on any atom is -0.478 e. The standard InChI is InChI=1S/C15H22N2O2/c1-10-8-14(13(9-16-10)15(18)19)17-11(2)12-6-4-3-5-7-12/h8-9,11-12H,3-7H2,1-2H3,(H,16,17)(H,18,19). The van der Waals surface area contributed by atoms with Gasteiger partial charge in [-0.25, -0.2) is 4.79 Å². The Bertz CT molecular complexity index is 453. The molecule has 0 spiro atoms. The van der Waals surface area contributed by atoms with Crippen molar-refractivity contribution in [1.29, 1.82) is 0 Å². The Morgan fingerprint density at radius 2 is 2.11 bits per heavy atom. The van der Waals surface area contributed by atoms with E-state index in [4.69, 9.17) is 0 Å². The molecule has 0 radical (unpaired) electrons. The van der Waals surface area contributed by atoms with Gasteiger partial charge in [-0.05, 0) is 38.7 Å². The van der Waals surface area contributed by atoms with Gasteiger partial charge < -0.3 is 10.4 Å². The summed E-state index contributed by atoms with van der Waals surface area (Å²) in [5.74, 6) is -0.283. The number of nitrogens with zero attached hydrogens (tertiary/aromatic N) is 1. The maximum Gasteiger partial charge on any atom is 0.339 e. The van der Waals surface area contributed by atoms with Crippen LogP contribution in [-0.4, -0.2) is 22.1 Å². The third-order valence-electron chi connectivity index (χ3n) is 4.01. The number of carboxylic acid groups (broad SMARTS) is 1. The number of hydrogen-bond acceptors (Lipinski definition) is 3. The van der Waals surface area contributed by atoms with Crippen molar-refractivity contribution in [2.45, 2.75) is 52.0 Å². The molecule has 2 N–H and O–H groups in total. The van der Waals surface area contributed by atoms with Gasteiger partial charge in [-0.1, -0.05) is 19.3 Å². The maximum absolute atomic E-state index is 11.2. The van der Waals surface area contributed by atoms with Gasteiger partial charge >= 0.3 is 5.97 Å². The number of aromatic nitrogens is 1. The number of carbonyl (C=O) groups is 1. The Kier molecular flexibility index (Phi) is 4.40. The number of nitrogens with one attached hydrogen (secondary N) is 1. The Morgan fingerprint density at radius 1 is 1.42 bits per heavy atom. The van der Waals surface area contributed by atoms with Crippen LogP contribution in [0.2, 0.25) is 0 Å². The molecule has 0 aliphatic heterocycles. The summed E-state index contributed by atoms with van der Waals surface area (Å²) in [7, 11) is 0. The van der Waals surface area contributed by atoms with Gasteiger partial charge in [0.15, 0.2) is 0 Å². The molecule has 0 saturated heterocycles. The van der Waals surface area contributed by atoms with Crippen molar-refractivity contribution in [2.75, 3.05) is 5.32 Å². The van der Waals surface area contributed by atoms with Crippen molar-refractivity contribution >= 4 is 11.7 Å². The zero-order valence-corrected chi connectivity index (χ0v) is 11.6. The number of pyridine rings is 1. The van der Waals surface area contributed by atoms with E-state index in [0.29, 0.717) is 17.6 Å². The molecule has 1 atom stereocenters. The minimum absolute atomic E-state index is 0.258. The first-order valence-corrected chi connectivity index (χ1v) is 7.04. The second-order valence-electron chi connectivity index (χ2n) is 5.51. The lowest BCUT2D eigenvalue weighted by molar-refractivity contribution is 0.0697. The van der Waals surface area contributed by atoms with E-state index in [0.717, 1.165) is 5.69 Å². The summed E-state index contributed by atoms with van der Waals surface area (Å²) in [5.41, 5.74) is 1.79. The fraction of sp³-hybridized carbons (Fsp3) is 0.600. The number of carboxylic acids is 1. The lowest BCUT2D eigenvalue weighted by Crippen LogP contribution is -2.28. The fourth-order valence-electron chi connectivity index (χ4n) is 2.85. The largest absolute Gasteiger partial charge is 0.478 e. The van der Waals surface area contributed by atoms with Crippen LogP contribution in [0.5, 0.6) is 0 Å². The van der Waals surface area contributed by atoms with Gasteiger partial charge in [-0.15, -0.1) is 0 Å².